The van der Waals surface area contributed by atoms with Gasteiger partial charge >= 0.3 is 17.9 Å². The van der Waals surface area contributed by atoms with Crippen LogP contribution in [0.25, 0.3) is 11.6 Å². The van der Waals surface area contributed by atoms with Gasteiger partial charge in [-0.2, -0.15) is 0 Å². The standard InChI is InChI=1S/C19H17NO8S/c1-11(21)27-17-8-3-13(10-18(17)28-12(2)22)9-16(19(23)24)14-4-6-15(7-5-14)29(20,25)26/h3-10H,1-2H3,(H,23,24)(H2,20,25,26)/b16-9+. The summed E-state index contributed by atoms with van der Waals surface area (Å²) < 4.78 is 32.7. The molecule has 29 heavy (non-hydrogen) atoms. The number of carboxylic acid groups (broad SMARTS) is 1. The molecule has 0 amide bonds. The Morgan fingerprint density at radius 2 is 1.48 bits per heavy atom. The van der Waals surface area contributed by atoms with Gasteiger partial charge in [-0.25, -0.2) is 18.4 Å². The van der Waals surface area contributed by atoms with Crippen LogP contribution in [0.4, 0.5) is 0 Å². The van der Waals surface area contributed by atoms with E-state index in [1.54, 1.807) is 0 Å². The molecular weight excluding hydrogens is 402 g/mol. The number of aliphatic carboxylic acids is 1. The van der Waals surface area contributed by atoms with Crippen LogP contribution in [0.1, 0.15) is 25.0 Å². The maximum absolute atomic E-state index is 11.7. The van der Waals surface area contributed by atoms with Crippen LogP contribution in [0.3, 0.4) is 0 Å². The highest BCUT2D eigenvalue weighted by Gasteiger charge is 2.15. The highest BCUT2D eigenvalue weighted by atomic mass is 32.2. The Kier molecular flexibility index (Phi) is 6.52. The summed E-state index contributed by atoms with van der Waals surface area (Å²) in [6.45, 7) is 2.34. The van der Waals surface area contributed by atoms with Gasteiger partial charge in [-0.05, 0) is 41.5 Å². The zero-order valence-electron chi connectivity index (χ0n) is 15.4. The van der Waals surface area contributed by atoms with E-state index in [-0.39, 0.29) is 27.5 Å². The van der Waals surface area contributed by atoms with Crippen molar-refractivity contribution in [1.29, 1.82) is 0 Å². The van der Waals surface area contributed by atoms with Crippen molar-refractivity contribution in [3.05, 3.63) is 53.6 Å². The molecule has 0 spiro atoms. The number of primary sulfonamides is 1. The molecular formula is C19H17NO8S. The normalized spacial score (nSPS) is 11.6. The number of nitrogens with two attached hydrogens (primary N) is 1. The zero-order chi connectivity index (χ0) is 21.8. The summed E-state index contributed by atoms with van der Waals surface area (Å²) in [5.41, 5.74) is 0.410. The fraction of sp³-hybridized carbons (Fsp3) is 0.105. The minimum absolute atomic E-state index is 0.000713. The van der Waals surface area contributed by atoms with E-state index in [4.69, 9.17) is 14.6 Å². The van der Waals surface area contributed by atoms with E-state index in [0.717, 1.165) is 6.92 Å². The summed E-state index contributed by atoms with van der Waals surface area (Å²) >= 11 is 0. The van der Waals surface area contributed by atoms with Crippen LogP contribution < -0.4 is 14.6 Å². The zero-order valence-corrected chi connectivity index (χ0v) is 16.2. The van der Waals surface area contributed by atoms with Gasteiger partial charge < -0.3 is 14.6 Å². The molecule has 152 valence electrons. The third-order valence-corrected chi connectivity index (χ3v) is 4.44. The highest BCUT2D eigenvalue weighted by Crippen LogP contribution is 2.31. The first-order valence-corrected chi connectivity index (χ1v) is 9.61. The van der Waals surface area contributed by atoms with E-state index >= 15 is 0 Å². The van der Waals surface area contributed by atoms with Gasteiger partial charge in [0.2, 0.25) is 10.0 Å². The first-order valence-electron chi connectivity index (χ1n) is 8.06. The van der Waals surface area contributed by atoms with Crippen molar-refractivity contribution in [3.63, 3.8) is 0 Å². The average molecular weight is 419 g/mol. The second-order valence-electron chi connectivity index (χ2n) is 5.83. The molecule has 0 heterocycles. The fourth-order valence-electron chi connectivity index (χ4n) is 2.35. The van der Waals surface area contributed by atoms with E-state index in [1.165, 1.54) is 55.5 Å². The predicted octanol–water partition coefficient (Wildman–Crippen LogP) is 1.81. The Morgan fingerprint density at radius 3 is 1.97 bits per heavy atom. The Labute approximate surface area is 166 Å². The van der Waals surface area contributed by atoms with Gasteiger partial charge in [0.15, 0.2) is 11.5 Å². The van der Waals surface area contributed by atoms with Crippen molar-refractivity contribution in [3.8, 4) is 11.5 Å². The van der Waals surface area contributed by atoms with Crippen LogP contribution in [0.2, 0.25) is 0 Å². The van der Waals surface area contributed by atoms with Crippen LogP contribution in [0.5, 0.6) is 11.5 Å². The van der Waals surface area contributed by atoms with Crippen LogP contribution in [-0.2, 0) is 24.4 Å². The molecule has 0 unspecified atom stereocenters. The molecule has 3 N–H and O–H groups in total. The van der Waals surface area contributed by atoms with Crippen LogP contribution in [0.15, 0.2) is 47.4 Å². The van der Waals surface area contributed by atoms with E-state index in [0.29, 0.717) is 5.56 Å². The Morgan fingerprint density at radius 1 is 0.931 bits per heavy atom. The van der Waals surface area contributed by atoms with E-state index in [1.807, 2.05) is 0 Å². The lowest BCUT2D eigenvalue weighted by Crippen LogP contribution is -2.12. The van der Waals surface area contributed by atoms with Gasteiger partial charge in [0.25, 0.3) is 0 Å². The number of carbonyl (C=O) groups excluding carboxylic acids is 2. The summed E-state index contributed by atoms with van der Waals surface area (Å²) in [5, 5.41) is 14.6. The lowest BCUT2D eigenvalue weighted by Gasteiger charge is -2.10. The summed E-state index contributed by atoms with van der Waals surface area (Å²) in [5.74, 6) is -2.61. The fourth-order valence-corrected chi connectivity index (χ4v) is 2.86. The lowest BCUT2D eigenvalue weighted by molar-refractivity contribution is -0.134. The summed E-state index contributed by atoms with van der Waals surface area (Å²) in [6.07, 6.45) is 1.29. The van der Waals surface area contributed by atoms with E-state index < -0.39 is 27.9 Å². The van der Waals surface area contributed by atoms with E-state index in [9.17, 15) is 27.9 Å². The molecule has 0 aliphatic rings. The minimum Gasteiger partial charge on any atom is -0.478 e. The molecule has 10 heteroatoms. The average Bonchev–Trinajstić information content (AvgIpc) is 2.60. The van der Waals surface area contributed by atoms with Crippen molar-refractivity contribution >= 4 is 39.6 Å². The molecule has 0 aliphatic heterocycles. The number of carbonyl (C=O) groups is 3. The largest absolute Gasteiger partial charge is 0.478 e. The van der Waals surface area contributed by atoms with Gasteiger partial charge in [-0.15, -0.1) is 0 Å². The van der Waals surface area contributed by atoms with Crippen molar-refractivity contribution in [2.24, 2.45) is 5.14 Å². The number of hydrogen-bond acceptors (Lipinski definition) is 7. The molecule has 0 aliphatic carbocycles. The predicted molar refractivity (Wildman–Crippen MR) is 102 cm³/mol. The van der Waals surface area contributed by atoms with Crippen LogP contribution >= 0.6 is 0 Å². The minimum atomic E-state index is -3.91. The van der Waals surface area contributed by atoms with Gasteiger partial charge in [0, 0.05) is 13.8 Å². The second kappa shape index (κ2) is 8.67. The smallest absolute Gasteiger partial charge is 0.336 e. The Hall–Kier alpha value is -3.50. The number of carboxylic acids is 1. The molecule has 2 rings (SSSR count). The van der Waals surface area contributed by atoms with E-state index in [2.05, 4.69) is 0 Å². The molecule has 0 aromatic heterocycles. The Balaban J connectivity index is 2.50. The monoisotopic (exact) mass is 419 g/mol. The summed E-state index contributed by atoms with van der Waals surface area (Å²) in [6, 6.07) is 9.15. The van der Waals surface area contributed by atoms with Crippen molar-refractivity contribution in [2.45, 2.75) is 18.7 Å². The molecule has 0 saturated carbocycles. The molecule has 2 aromatic rings. The van der Waals surface area contributed by atoms with Gasteiger partial charge in [0.1, 0.15) is 0 Å². The third kappa shape index (κ3) is 5.99. The molecule has 0 bridgehead atoms. The molecule has 9 nitrogen and oxygen atoms in total. The molecule has 0 atom stereocenters. The molecule has 0 saturated heterocycles. The molecule has 0 fully saturated rings. The number of rotatable bonds is 6. The first kappa shape index (κ1) is 21.8. The summed E-state index contributed by atoms with van der Waals surface area (Å²) in [7, 11) is -3.91. The van der Waals surface area contributed by atoms with Gasteiger partial charge in [-0.1, -0.05) is 18.2 Å². The number of hydrogen-bond donors (Lipinski definition) is 2. The number of benzene rings is 2. The van der Waals surface area contributed by atoms with Crippen molar-refractivity contribution in [1.82, 2.24) is 0 Å². The lowest BCUT2D eigenvalue weighted by atomic mass is 10.0. The highest BCUT2D eigenvalue weighted by molar-refractivity contribution is 7.89. The summed E-state index contributed by atoms with van der Waals surface area (Å²) in [4.78, 5) is 34.0. The van der Waals surface area contributed by atoms with Crippen LogP contribution in [0, 0.1) is 0 Å². The van der Waals surface area contributed by atoms with Gasteiger partial charge in [0.05, 0.1) is 10.5 Å². The molecule has 2 aromatic carbocycles. The van der Waals surface area contributed by atoms with Crippen molar-refractivity contribution in [2.75, 3.05) is 0 Å². The second-order valence-corrected chi connectivity index (χ2v) is 7.39. The maximum atomic E-state index is 11.7. The maximum Gasteiger partial charge on any atom is 0.336 e. The first-order chi connectivity index (χ1) is 13.5. The third-order valence-electron chi connectivity index (χ3n) is 3.51. The van der Waals surface area contributed by atoms with Crippen LogP contribution in [-0.4, -0.2) is 31.4 Å². The molecule has 0 radical (unpaired) electrons. The Bertz CT molecular complexity index is 1100. The van der Waals surface area contributed by atoms with Crippen molar-refractivity contribution < 1.29 is 37.4 Å². The quantitative estimate of drug-likeness (QED) is 0.311. The number of sulfonamides is 1. The van der Waals surface area contributed by atoms with Gasteiger partial charge in [-0.3, -0.25) is 9.59 Å². The topological polar surface area (TPSA) is 150 Å². The SMILES string of the molecule is CC(=O)Oc1ccc(/C=C(/C(=O)O)c2ccc(S(N)(=O)=O)cc2)cc1OC(C)=O. The number of esters is 2. The number of ether oxygens (including phenoxy) is 2.